The molecule has 0 nitrogen and oxygen atoms in total. The molecular weight excluding hydrogens is 180 g/mol. The molecule has 0 N–H and O–H groups in total. The highest BCUT2D eigenvalue weighted by molar-refractivity contribution is 5.29. The second-order valence-electron chi connectivity index (χ2n) is 3.81. The van der Waals surface area contributed by atoms with Gasteiger partial charge in [-0.2, -0.15) is 0 Å². The van der Waals surface area contributed by atoms with E-state index in [1.165, 1.54) is 11.1 Å². The summed E-state index contributed by atoms with van der Waals surface area (Å²) in [6.45, 7) is 6.50. The smallest absolute Gasteiger partial charge is 0.00458 e. The topological polar surface area (TPSA) is 0 Å². The molecule has 80 valence electrons. The summed E-state index contributed by atoms with van der Waals surface area (Å²) in [5.41, 5.74) is 2.85. The monoisotopic (exact) mass is 200 g/mol. The SMILES string of the molecule is CC=CC=C(C)C(CC)c1ccccc1. The quantitative estimate of drug-likeness (QED) is 0.618. The molecule has 0 aliphatic carbocycles. The molecule has 0 spiro atoms. The third-order valence-corrected chi connectivity index (χ3v) is 2.71. The third kappa shape index (κ3) is 3.39. The van der Waals surface area contributed by atoms with E-state index in [1.807, 2.05) is 6.92 Å². The lowest BCUT2D eigenvalue weighted by molar-refractivity contribution is 0.759. The fraction of sp³-hybridized carbons (Fsp3) is 0.333. The molecule has 0 aromatic heterocycles. The Labute approximate surface area is 93.3 Å². The molecule has 1 rings (SSSR count). The molecule has 1 unspecified atom stereocenters. The van der Waals surface area contributed by atoms with E-state index >= 15 is 0 Å². The summed E-state index contributed by atoms with van der Waals surface area (Å²) in [5, 5.41) is 0. The van der Waals surface area contributed by atoms with Crippen molar-refractivity contribution in [3.8, 4) is 0 Å². The lowest BCUT2D eigenvalue weighted by Gasteiger charge is -2.15. The van der Waals surface area contributed by atoms with Crippen molar-refractivity contribution in [2.45, 2.75) is 33.1 Å². The molecule has 0 amide bonds. The van der Waals surface area contributed by atoms with Crippen LogP contribution in [0.25, 0.3) is 0 Å². The molecule has 0 aliphatic heterocycles. The van der Waals surface area contributed by atoms with Gasteiger partial charge in [-0.3, -0.25) is 0 Å². The van der Waals surface area contributed by atoms with Crippen LogP contribution in [0.2, 0.25) is 0 Å². The van der Waals surface area contributed by atoms with Gasteiger partial charge in [-0.05, 0) is 25.8 Å². The first kappa shape index (κ1) is 11.8. The van der Waals surface area contributed by atoms with Crippen molar-refractivity contribution < 1.29 is 0 Å². The summed E-state index contributed by atoms with van der Waals surface area (Å²) in [6, 6.07) is 10.7. The molecule has 15 heavy (non-hydrogen) atoms. The van der Waals surface area contributed by atoms with Crippen LogP contribution in [0.15, 0.2) is 54.1 Å². The second kappa shape index (κ2) is 6.23. The van der Waals surface area contributed by atoms with E-state index in [-0.39, 0.29) is 0 Å². The highest BCUT2D eigenvalue weighted by atomic mass is 14.1. The van der Waals surface area contributed by atoms with Crippen LogP contribution in [-0.4, -0.2) is 0 Å². The van der Waals surface area contributed by atoms with Gasteiger partial charge in [-0.15, -0.1) is 0 Å². The van der Waals surface area contributed by atoms with E-state index in [2.05, 4.69) is 62.4 Å². The average molecular weight is 200 g/mol. The van der Waals surface area contributed by atoms with Crippen LogP contribution in [0.3, 0.4) is 0 Å². The van der Waals surface area contributed by atoms with Crippen molar-refractivity contribution in [3.63, 3.8) is 0 Å². The molecule has 1 aromatic rings. The zero-order chi connectivity index (χ0) is 11.1. The normalized spacial score (nSPS) is 14.5. The molecule has 0 saturated carbocycles. The minimum absolute atomic E-state index is 0.558. The van der Waals surface area contributed by atoms with Gasteiger partial charge in [-0.25, -0.2) is 0 Å². The first-order chi connectivity index (χ1) is 7.29. The molecule has 0 saturated heterocycles. The molecule has 0 aliphatic rings. The van der Waals surface area contributed by atoms with E-state index < -0.39 is 0 Å². The molecule has 0 fully saturated rings. The van der Waals surface area contributed by atoms with E-state index in [9.17, 15) is 0 Å². The number of rotatable bonds is 4. The van der Waals surface area contributed by atoms with Gasteiger partial charge in [0.1, 0.15) is 0 Å². The molecule has 0 bridgehead atoms. The Morgan fingerprint density at radius 2 is 1.93 bits per heavy atom. The number of hydrogen-bond donors (Lipinski definition) is 0. The van der Waals surface area contributed by atoms with Crippen molar-refractivity contribution >= 4 is 0 Å². The van der Waals surface area contributed by atoms with Gasteiger partial charge in [0.25, 0.3) is 0 Å². The summed E-state index contributed by atoms with van der Waals surface area (Å²) in [4.78, 5) is 0. The molecule has 0 heterocycles. The van der Waals surface area contributed by atoms with E-state index in [1.54, 1.807) is 0 Å². The highest BCUT2D eigenvalue weighted by Gasteiger charge is 2.09. The van der Waals surface area contributed by atoms with Crippen molar-refractivity contribution in [1.29, 1.82) is 0 Å². The maximum atomic E-state index is 2.24. The number of allylic oxidation sites excluding steroid dienone is 4. The van der Waals surface area contributed by atoms with Crippen LogP contribution < -0.4 is 0 Å². The minimum atomic E-state index is 0.558. The predicted octanol–water partition coefficient (Wildman–Crippen LogP) is 4.70. The van der Waals surface area contributed by atoms with Crippen molar-refractivity contribution in [2.75, 3.05) is 0 Å². The van der Waals surface area contributed by atoms with Crippen LogP contribution >= 0.6 is 0 Å². The van der Waals surface area contributed by atoms with Crippen molar-refractivity contribution in [2.24, 2.45) is 0 Å². The Morgan fingerprint density at radius 3 is 2.47 bits per heavy atom. The standard InChI is InChI=1S/C15H20/c1-4-6-10-13(3)15(5-2)14-11-8-7-9-12-14/h4,6-12,15H,5H2,1-3H3. The summed E-state index contributed by atoms with van der Waals surface area (Å²) in [7, 11) is 0. The van der Waals surface area contributed by atoms with Gasteiger partial charge in [0.05, 0.1) is 0 Å². The summed E-state index contributed by atoms with van der Waals surface area (Å²) in [5.74, 6) is 0.558. The Bertz CT molecular complexity index is 330. The largest absolute Gasteiger partial charge is 0.0877 e. The van der Waals surface area contributed by atoms with Crippen molar-refractivity contribution in [1.82, 2.24) is 0 Å². The number of benzene rings is 1. The van der Waals surface area contributed by atoms with E-state index in [0.717, 1.165) is 6.42 Å². The van der Waals surface area contributed by atoms with Gasteiger partial charge in [0, 0.05) is 5.92 Å². The highest BCUT2D eigenvalue weighted by Crippen LogP contribution is 2.26. The lowest BCUT2D eigenvalue weighted by atomic mass is 9.89. The first-order valence-corrected chi connectivity index (χ1v) is 5.64. The zero-order valence-electron chi connectivity index (χ0n) is 9.90. The second-order valence-corrected chi connectivity index (χ2v) is 3.81. The predicted molar refractivity (Wildman–Crippen MR) is 68.0 cm³/mol. The molecule has 0 heteroatoms. The Morgan fingerprint density at radius 1 is 1.27 bits per heavy atom. The molecule has 1 atom stereocenters. The fourth-order valence-electron chi connectivity index (χ4n) is 1.87. The maximum Gasteiger partial charge on any atom is 0.00458 e. The van der Waals surface area contributed by atoms with Gasteiger partial charge < -0.3 is 0 Å². The maximum absolute atomic E-state index is 2.24. The summed E-state index contributed by atoms with van der Waals surface area (Å²) < 4.78 is 0. The summed E-state index contributed by atoms with van der Waals surface area (Å²) >= 11 is 0. The van der Waals surface area contributed by atoms with Crippen LogP contribution in [0.4, 0.5) is 0 Å². The van der Waals surface area contributed by atoms with Crippen LogP contribution in [0, 0.1) is 0 Å². The molecule has 0 radical (unpaired) electrons. The van der Waals surface area contributed by atoms with E-state index in [4.69, 9.17) is 0 Å². The molecule has 1 aromatic carbocycles. The Hall–Kier alpha value is -1.30. The first-order valence-electron chi connectivity index (χ1n) is 5.64. The number of hydrogen-bond acceptors (Lipinski definition) is 0. The zero-order valence-corrected chi connectivity index (χ0v) is 9.90. The third-order valence-electron chi connectivity index (χ3n) is 2.71. The summed E-state index contributed by atoms with van der Waals surface area (Å²) in [6.07, 6.45) is 7.55. The van der Waals surface area contributed by atoms with Crippen molar-refractivity contribution in [3.05, 3.63) is 59.7 Å². The Balaban J connectivity index is 2.89. The minimum Gasteiger partial charge on any atom is -0.0877 e. The van der Waals surface area contributed by atoms with Crippen LogP contribution in [0.1, 0.15) is 38.7 Å². The average Bonchev–Trinajstić information content (AvgIpc) is 2.29. The fourth-order valence-corrected chi connectivity index (χ4v) is 1.87. The van der Waals surface area contributed by atoms with Gasteiger partial charge >= 0.3 is 0 Å². The molecular formula is C15H20. The van der Waals surface area contributed by atoms with Gasteiger partial charge in [0.15, 0.2) is 0 Å². The van der Waals surface area contributed by atoms with Gasteiger partial charge in [0.2, 0.25) is 0 Å². The van der Waals surface area contributed by atoms with Crippen LogP contribution in [-0.2, 0) is 0 Å². The van der Waals surface area contributed by atoms with Gasteiger partial charge in [-0.1, -0.05) is 61.1 Å². The van der Waals surface area contributed by atoms with E-state index in [0.29, 0.717) is 5.92 Å². The van der Waals surface area contributed by atoms with Crippen LogP contribution in [0.5, 0.6) is 0 Å². The lowest BCUT2D eigenvalue weighted by Crippen LogP contribution is -1.98. The Kier molecular flexibility index (Phi) is 4.89.